The lowest BCUT2D eigenvalue weighted by Crippen LogP contribution is -2.38. The number of aromatic amines is 1. The highest BCUT2D eigenvalue weighted by Crippen LogP contribution is 2.43. The van der Waals surface area contributed by atoms with Crippen LogP contribution in [0.3, 0.4) is 0 Å². The van der Waals surface area contributed by atoms with E-state index in [1.54, 1.807) is 42.6 Å². The minimum Gasteiger partial charge on any atom is -0.392 e. The van der Waals surface area contributed by atoms with E-state index in [9.17, 15) is 13.5 Å². The van der Waals surface area contributed by atoms with Crippen LogP contribution in [-0.4, -0.2) is 45.5 Å². The molecule has 0 saturated carbocycles. The van der Waals surface area contributed by atoms with Gasteiger partial charge in [-0.15, -0.1) is 0 Å². The van der Waals surface area contributed by atoms with Crippen LogP contribution in [0.15, 0.2) is 101 Å². The fourth-order valence-corrected chi connectivity index (χ4v) is 7.16. The average molecular weight is 604 g/mol. The first-order chi connectivity index (χ1) is 20.4. The highest BCUT2D eigenvalue weighted by Gasteiger charge is 2.38. The second-order valence-electron chi connectivity index (χ2n) is 9.99. The van der Waals surface area contributed by atoms with Crippen LogP contribution in [-0.2, 0) is 26.1 Å². The summed E-state index contributed by atoms with van der Waals surface area (Å²) >= 11 is 1.51. The number of hydrogen-bond donors (Lipinski definition) is 3. The maximum absolute atomic E-state index is 13.4. The van der Waals surface area contributed by atoms with Gasteiger partial charge in [-0.25, -0.2) is 13.4 Å². The van der Waals surface area contributed by atoms with Crippen LogP contribution in [0.25, 0.3) is 10.9 Å². The SMILES string of the molecule is CC1C(CSc2ncn[nH]2)OC(c2cccc(NS(=O)(=O)c3cccc4cccnc34)c2)OC1c1ccc(CO)cc1. The molecule has 0 radical (unpaired) electrons. The molecule has 0 bridgehead atoms. The lowest BCUT2D eigenvalue weighted by Gasteiger charge is -2.41. The van der Waals surface area contributed by atoms with Crippen molar-refractivity contribution >= 4 is 38.4 Å². The third-order valence-corrected chi connectivity index (χ3v) is 9.58. The van der Waals surface area contributed by atoms with E-state index in [1.165, 1.54) is 18.1 Å². The number of fused-ring (bicyclic) bond motifs is 1. The van der Waals surface area contributed by atoms with Gasteiger partial charge in [-0.1, -0.05) is 73.3 Å². The fourth-order valence-electron chi connectivity index (χ4n) is 4.99. The van der Waals surface area contributed by atoms with Crippen molar-refractivity contribution in [3.63, 3.8) is 0 Å². The third kappa shape index (κ3) is 6.03. The predicted octanol–water partition coefficient (Wildman–Crippen LogP) is 5.23. The molecular formula is C30H29N5O5S2. The summed E-state index contributed by atoms with van der Waals surface area (Å²) in [6.07, 6.45) is 1.76. The van der Waals surface area contributed by atoms with E-state index in [2.05, 4.69) is 31.8 Å². The van der Waals surface area contributed by atoms with E-state index in [4.69, 9.17) is 9.47 Å². The number of aromatic nitrogens is 4. The molecule has 1 aliphatic rings. The van der Waals surface area contributed by atoms with Crippen LogP contribution in [0, 0.1) is 5.92 Å². The van der Waals surface area contributed by atoms with E-state index in [0.717, 1.165) is 16.5 Å². The van der Waals surface area contributed by atoms with E-state index < -0.39 is 16.3 Å². The molecule has 216 valence electrons. The van der Waals surface area contributed by atoms with Crippen LogP contribution < -0.4 is 4.72 Å². The number of H-pyrrole nitrogens is 1. The lowest BCUT2D eigenvalue weighted by atomic mass is 9.91. The molecule has 0 aliphatic carbocycles. The molecule has 2 aromatic heterocycles. The number of para-hydroxylation sites is 1. The zero-order valence-corrected chi connectivity index (χ0v) is 24.3. The van der Waals surface area contributed by atoms with E-state index >= 15 is 0 Å². The molecule has 1 saturated heterocycles. The summed E-state index contributed by atoms with van der Waals surface area (Å²) in [5.74, 6) is 0.583. The smallest absolute Gasteiger partial charge is 0.264 e. The molecule has 0 amide bonds. The van der Waals surface area contributed by atoms with E-state index in [-0.39, 0.29) is 29.6 Å². The van der Waals surface area contributed by atoms with Gasteiger partial charge in [0.2, 0.25) is 0 Å². The number of sulfonamides is 1. The highest BCUT2D eigenvalue weighted by atomic mass is 32.2. The lowest BCUT2D eigenvalue weighted by molar-refractivity contribution is -0.268. The van der Waals surface area contributed by atoms with Crippen molar-refractivity contribution in [3.8, 4) is 0 Å². The normalized spacial score (nSPS) is 20.9. The monoisotopic (exact) mass is 603 g/mol. The first-order valence-electron chi connectivity index (χ1n) is 13.4. The zero-order valence-electron chi connectivity index (χ0n) is 22.6. The molecule has 4 atom stereocenters. The van der Waals surface area contributed by atoms with Crippen molar-refractivity contribution in [2.75, 3.05) is 10.5 Å². The number of rotatable bonds is 9. The Morgan fingerprint density at radius 2 is 1.79 bits per heavy atom. The molecule has 0 spiro atoms. The van der Waals surface area contributed by atoms with Crippen LogP contribution in [0.4, 0.5) is 5.69 Å². The molecule has 42 heavy (non-hydrogen) atoms. The second-order valence-corrected chi connectivity index (χ2v) is 12.6. The number of hydrogen-bond acceptors (Lipinski definition) is 9. The quantitative estimate of drug-likeness (QED) is 0.193. The number of ether oxygens (including phenoxy) is 2. The summed E-state index contributed by atoms with van der Waals surface area (Å²) in [5, 5.41) is 17.7. The van der Waals surface area contributed by atoms with Crippen LogP contribution in [0.1, 0.15) is 36.0 Å². The Morgan fingerprint density at radius 1 is 0.976 bits per heavy atom. The highest BCUT2D eigenvalue weighted by molar-refractivity contribution is 7.99. The number of aliphatic hydroxyl groups excluding tert-OH is 1. The maximum atomic E-state index is 13.4. The van der Waals surface area contributed by atoms with Gasteiger partial charge in [0.25, 0.3) is 10.0 Å². The second kappa shape index (κ2) is 12.2. The third-order valence-electron chi connectivity index (χ3n) is 7.20. The van der Waals surface area contributed by atoms with Crippen molar-refractivity contribution in [2.24, 2.45) is 5.92 Å². The Morgan fingerprint density at radius 3 is 2.57 bits per heavy atom. The number of pyridine rings is 1. The molecular weight excluding hydrogens is 574 g/mol. The minimum absolute atomic E-state index is 0.0165. The standard InChI is InChI=1S/C30H29N5O5S2/c1-19-25(17-41-30-32-18-33-34-30)39-29(40-28(19)22-12-10-20(16-36)11-13-22)23-6-2-8-24(15-23)35-42(37,38)26-9-3-5-21-7-4-14-31-27(21)26/h2-15,18-19,25,28-29,35-36H,16-17H2,1H3,(H,32,33,34). The van der Waals surface area contributed by atoms with Crippen molar-refractivity contribution in [1.82, 2.24) is 20.2 Å². The zero-order chi connectivity index (χ0) is 29.1. The summed E-state index contributed by atoms with van der Waals surface area (Å²) < 4.78 is 42.6. The Balaban J connectivity index is 1.28. The largest absolute Gasteiger partial charge is 0.392 e. The number of benzene rings is 3. The van der Waals surface area contributed by atoms with Gasteiger partial charge in [0.05, 0.1) is 24.3 Å². The molecule has 5 aromatic rings. The van der Waals surface area contributed by atoms with Crippen LogP contribution in [0.2, 0.25) is 0 Å². The predicted molar refractivity (Wildman–Crippen MR) is 159 cm³/mol. The van der Waals surface area contributed by atoms with Crippen molar-refractivity contribution < 1.29 is 23.0 Å². The first kappa shape index (κ1) is 28.3. The topological polar surface area (TPSA) is 139 Å². The Labute approximate surface area is 247 Å². The van der Waals surface area contributed by atoms with Gasteiger partial charge in [0.1, 0.15) is 11.2 Å². The van der Waals surface area contributed by atoms with Crippen molar-refractivity contribution in [3.05, 3.63) is 108 Å². The van der Waals surface area contributed by atoms with Gasteiger partial charge in [-0.3, -0.25) is 14.8 Å². The average Bonchev–Trinajstić information content (AvgIpc) is 3.54. The van der Waals surface area contributed by atoms with Gasteiger partial charge in [-0.2, -0.15) is 5.10 Å². The number of anilines is 1. The van der Waals surface area contributed by atoms with Gasteiger partial charge < -0.3 is 14.6 Å². The van der Waals surface area contributed by atoms with Crippen molar-refractivity contribution in [2.45, 2.75) is 42.1 Å². The maximum Gasteiger partial charge on any atom is 0.264 e. The van der Waals surface area contributed by atoms with E-state index in [1.807, 2.05) is 42.5 Å². The molecule has 6 rings (SSSR count). The molecule has 3 aromatic carbocycles. The fraction of sp³-hybridized carbons (Fsp3) is 0.233. The summed E-state index contributed by atoms with van der Waals surface area (Å²) in [6, 6.07) is 23.4. The minimum atomic E-state index is -3.94. The molecule has 1 fully saturated rings. The Bertz CT molecular complexity index is 1760. The number of aliphatic hydroxyl groups is 1. The molecule has 4 unspecified atom stereocenters. The summed E-state index contributed by atoms with van der Waals surface area (Å²) in [7, 11) is -3.94. The van der Waals surface area contributed by atoms with Gasteiger partial charge in [0, 0.05) is 34.5 Å². The molecule has 1 aliphatic heterocycles. The number of thioether (sulfide) groups is 1. The molecule has 12 heteroatoms. The van der Waals surface area contributed by atoms with Crippen LogP contribution >= 0.6 is 11.8 Å². The van der Waals surface area contributed by atoms with Crippen molar-refractivity contribution in [1.29, 1.82) is 0 Å². The summed E-state index contributed by atoms with van der Waals surface area (Å²) in [6.45, 7) is 2.04. The number of nitrogens with one attached hydrogen (secondary N) is 2. The molecule has 3 N–H and O–H groups in total. The number of nitrogens with zero attached hydrogens (tertiary/aromatic N) is 3. The summed E-state index contributed by atoms with van der Waals surface area (Å²) in [4.78, 5) is 8.60. The van der Waals surface area contributed by atoms with Gasteiger partial charge in [-0.05, 0) is 35.4 Å². The molecule has 3 heterocycles. The first-order valence-corrected chi connectivity index (χ1v) is 15.8. The Hall–Kier alpha value is -3.81. The summed E-state index contributed by atoms with van der Waals surface area (Å²) in [5.41, 5.74) is 3.23. The van der Waals surface area contributed by atoms with E-state index in [0.29, 0.717) is 27.7 Å². The van der Waals surface area contributed by atoms with Crippen LogP contribution in [0.5, 0.6) is 0 Å². The Kier molecular flexibility index (Phi) is 8.22. The van der Waals surface area contributed by atoms with Gasteiger partial charge in [0.15, 0.2) is 11.4 Å². The molecule has 10 nitrogen and oxygen atoms in total. The van der Waals surface area contributed by atoms with Gasteiger partial charge >= 0.3 is 0 Å².